The molecule has 0 unspecified atom stereocenters. The van der Waals surface area contributed by atoms with Crippen LogP contribution in [0.2, 0.25) is 0 Å². The van der Waals surface area contributed by atoms with Gasteiger partial charge in [-0.2, -0.15) is 0 Å². The predicted molar refractivity (Wildman–Crippen MR) is 51.4 cm³/mol. The molecule has 0 bridgehead atoms. The van der Waals surface area contributed by atoms with E-state index in [9.17, 15) is 9.18 Å². The molecular weight excluding hydrogens is 185 g/mol. The molecule has 0 aliphatic heterocycles. The number of rotatable bonds is 4. The number of hydrogen-bond donors (Lipinski definition) is 2. The third-order valence-corrected chi connectivity index (χ3v) is 1.53. The Morgan fingerprint density at radius 1 is 1.57 bits per heavy atom. The van der Waals surface area contributed by atoms with Gasteiger partial charge in [0.25, 0.3) is 0 Å². The lowest BCUT2D eigenvalue weighted by Gasteiger charge is -2.03. The zero-order chi connectivity index (χ0) is 10.4. The molecule has 0 radical (unpaired) electrons. The van der Waals surface area contributed by atoms with Gasteiger partial charge < -0.3 is 10.6 Å². The number of pyridine rings is 1. The van der Waals surface area contributed by atoms with Gasteiger partial charge >= 0.3 is 0 Å². The average Bonchev–Trinajstić information content (AvgIpc) is 2.18. The van der Waals surface area contributed by atoms with Crippen molar-refractivity contribution in [3.63, 3.8) is 0 Å². The topological polar surface area (TPSA) is 54.0 Å². The number of amides is 1. The standard InChI is InChI=1S/C9H12FN3O/c1-2-11-6-9(14)13-8-4-3-7(10)5-12-8/h3-5,11H,2,6H2,1H3,(H,12,13,14). The molecule has 0 aromatic carbocycles. The van der Waals surface area contributed by atoms with E-state index in [0.29, 0.717) is 5.82 Å². The first-order chi connectivity index (χ1) is 6.72. The maximum Gasteiger partial charge on any atom is 0.239 e. The van der Waals surface area contributed by atoms with Crippen LogP contribution in [0, 0.1) is 5.82 Å². The lowest BCUT2D eigenvalue weighted by molar-refractivity contribution is -0.115. The Morgan fingerprint density at radius 2 is 2.36 bits per heavy atom. The molecule has 0 atom stereocenters. The highest BCUT2D eigenvalue weighted by molar-refractivity contribution is 5.91. The molecule has 76 valence electrons. The van der Waals surface area contributed by atoms with Gasteiger partial charge in [0.1, 0.15) is 11.6 Å². The molecule has 0 saturated carbocycles. The van der Waals surface area contributed by atoms with Crippen LogP contribution in [0.15, 0.2) is 18.3 Å². The highest BCUT2D eigenvalue weighted by Crippen LogP contribution is 2.02. The van der Waals surface area contributed by atoms with E-state index in [1.165, 1.54) is 12.1 Å². The molecule has 1 aromatic rings. The predicted octanol–water partition coefficient (Wildman–Crippen LogP) is 0.769. The van der Waals surface area contributed by atoms with E-state index in [1.54, 1.807) is 0 Å². The van der Waals surface area contributed by atoms with E-state index in [4.69, 9.17) is 0 Å². The number of likely N-dealkylation sites (N-methyl/N-ethyl adjacent to an activating group) is 1. The zero-order valence-corrected chi connectivity index (χ0v) is 7.88. The molecule has 0 saturated heterocycles. The molecule has 0 aliphatic carbocycles. The molecule has 0 aliphatic rings. The fourth-order valence-electron chi connectivity index (χ4n) is 0.875. The summed E-state index contributed by atoms with van der Waals surface area (Å²) in [7, 11) is 0. The third-order valence-electron chi connectivity index (χ3n) is 1.53. The molecule has 1 heterocycles. The van der Waals surface area contributed by atoms with Crippen LogP contribution in [0.5, 0.6) is 0 Å². The Kier molecular flexibility index (Phi) is 4.00. The second-order valence-electron chi connectivity index (χ2n) is 2.69. The Labute approximate surface area is 81.5 Å². The number of carbonyl (C=O) groups is 1. The molecular formula is C9H12FN3O. The SMILES string of the molecule is CCNCC(=O)Nc1ccc(F)cn1. The van der Waals surface area contributed by atoms with E-state index in [0.717, 1.165) is 12.7 Å². The van der Waals surface area contributed by atoms with Gasteiger partial charge in [-0.25, -0.2) is 9.37 Å². The summed E-state index contributed by atoms with van der Waals surface area (Å²) in [6, 6.07) is 2.66. The van der Waals surface area contributed by atoms with Crippen molar-refractivity contribution in [1.82, 2.24) is 10.3 Å². The van der Waals surface area contributed by atoms with Gasteiger partial charge in [0.2, 0.25) is 5.91 Å². The molecule has 5 heteroatoms. The number of hydrogen-bond acceptors (Lipinski definition) is 3. The Bertz CT molecular complexity index is 299. The second-order valence-corrected chi connectivity index (χ2v) is 2.69. The van der Waals surface area contributed by atoms with Crippen LogP contribution in [0.1, 0.15) is 6.92 Å². The minimum absolute atomic E-state index is 0.189. The molecule has 0 fully saturated rings. The first-order valence-electron chi connectivity index (χ1n) is 4.34. The molecule has 1 amide bonds. The van der Waals surface area contributed by atoms with Gasteiger partial charge in [-0.1, -0.05) is 6.92 Å². The van der Waals surface area contributed by atoms with Crippen LogP contribution in [0.25, 0.3) is 0 Å². The average molecular weight is 197 g/mol. The van der Waals surface area contributed by atoms with E-state index in [-0.39, 0.29) is 12.5 Å². The fourth-order valence-corrected chi connectivity index (χ4v) is 0.875. The van der Waals surface area contributed by atoms with Crippen molar-refractivity contribution in [2.45, 2.75) is 6.92 Å². The van der Waals surface area contributed by atoms with Crippen LogP contribution in [-0.4, -0.2) is 24.0 Å². The van der Waals surface area contributed by atoms with E-state index < -0.39 is 5.82 Å². The summed E-state index contributed by atoms with van der Waals surface area (Å²) >= 11 is 0. The van der Waals surface area contributed by atoms with Crippen LogP contribution >= 0.6 is 0 Å². The molecule has 1 aromatic heterocycles. The van der Waals surface area contributed by atoms with Crippen molar-refractivity contribution in [2.24, 2.45) is 0 Å². The van der Waals surface area contributed by atoms with Crippen molar-refractivity contribution in [1.29, 1.82) is 0 Å². The van der Waals surface area contributed by atoms with Gasteiger partial charge in [-0.3, -0.25) is 4.79 Å². The minimum atomic E-state index is -0.422. The molecule has 4 nitrogen and oxygen atoms in total. The van der Waals surface area contributed by atoms with E-state index >= 15 is 0 Å². The van der Waals surface area contributed by atoms with Crippen molar-refractivity contribution in [3.8, 4) is 0 Å². The quantitative estimate of drug-likeness (QED) is 0.749. The van der Waals surface area contributed by atoms with Crippen LogP contribution in [-0.2, 0) is 4.79 Å². The Morgan fingerprint density at radius 3 is 2.93 bits per heavy atom. The summed E-state index contributed by atoms with van der Waals surface area (Å²) in [6.45, 7) is 2.86. The number of nitrogens with one attached hydrogen (secondary N) is 2. The van der Waals surface area contributed by atoms with Gasteiger partial charge in [0.05, 0.1) is 12.7 Å². The molecule has 0 spiro atoms. The Hall–Kier alpha value is -1.49. The molecule has 1 rings (SSSR count). The van der Waals surface area contributed by atoms with Gasteiger partial charge in [0, 0.05) is 0 Å². The van der Waals surface area contributed by atoms with Crippen molar-refractivity contribution < 1.29 is 9.18 Å². The first-order valence-corrected chi connectivity index (χ1v) is 4.34. The van der Waals surface area contributed by atoms with Gasteiger partial charge in [0.15, 0.2) is 0 Å². The van der Waals surface area contributed by atoms with Crippen LogP contribution < -0.4 is 10.6 Å². The summed E-state index contributed by atoms with van der Waals surface area (Å²) in [5, 5.41) is 5.39. The molecule has 14 heavy (non-hydrogen) atoms. The highest BCUT2D eigenvalue weighted by Gasteiger charge is 2.01. The fraction of sp³-hybridized carbons (Fsp3) is 0.333. The number of halogens is 1. The van der Waals surface area contributed by atoms with Gasteiger partial charge in [-0.05, 0) is 18.7 Å². The number of carbonyl (C=O) groups excluding carboxylic acids is 1. The maximum atomic E-state index is 12.4. The van der Waals surface area contributed by atoms with Crippen LogP contribution in [0.4, 0.5) is 10.2 Å². The third kappa shape index (κ3) is 3.49. The number of aromatic nitrogens is 1. The van der Waals surface area contributed by atoms with Gasteiger partial charge in [-0.15, -0.1) is 0 Å². The van der Waals surface area contributed by atoms with E-state index in [1.807, 2.05) is 6.92 Å². The summed E-state index contributed by atoms with van der Waals surface area (Å²) in [5.41, 5.74) is 0. The second kappa shape index (κ2) is 5.29. The lowest BCUT2D eigenvalue weighted by Crippen LogP contribution is -2.28. The van der Waals surface area contributed by atoms with E-state index in [2.05, 4.69) is 15.6 Å². The molecule has 2 N–H and O–H groups in total. The first kappa shape index (κ1) is 10.6. The van der Waals surface area contributed by atoms with Crippen molar-refractivity contribution >= 4 is 11.7 Å². The van der Waals surface area contributed by atoms with Crippen molar-refractivity contribution in [3.05, 3.63) is 24.1 Å². The summed E-state index contributed by atoms with van der Waals surface area (Å²) in [4.78, 5) is 14.8. The van der Waals surface area contributed by atoms with Crippen LogP contribution in [0.3, 0.4) is 0 Å². The van der Waals surface area contributed by atoms with Crippen molar-refractivity contribution in [2.75, 3.05) is 18.4 Å². The number of nitrogens with zero attached hydrogens (tertiary/aromatic N) is 1. The largest absolute Gasteiger partial charge is 0.310 e. The maximum absolute atomic E-state index is 12.4. The Balaban J connectivity index is 2.44. The summed E-state index contributed by atoms with van der Waals surface area (Å²) in [5.74, 6) is -0.255. The smallest absolute Gasteiger partial charge is 0.239 e. The minimum Gasteiger partial charge on any atom is -0.310 e. The highest BCUT2D eigenvalue weighted by atomic mass is 19.1. The zero-order valence-electron chi connectivity index (χ0n) is 7.88. The lowest BCUT2D eigenvalue weighted by atomic mass is 10.4. The number of anilines is 1. The summed E-state index contributed by atoms with van der Waals surface area (Å²) < 4.78 is 12.4. The monoisotopic (exact) mass is 197 g/mol. The normalized spacial score (nSPS) is 9.86. The summed E-state index contributed by atoms with van der Waals surface area (Å²) in [6.07, 6.45) is 1.06.